The van der Waals surface area contributed by atoms with Gasteiger partial charge in [0.05, 0.1) is 5.69 Å². The SMILES string of the molecule is Cc1cc2nc(C)c(CCC(=O)OCC(=O)Nc3ccc(C(N)=O)cc3)c(C)n2n1. The molecule has 0 saturated heterocycles. The van der Waals surface area contributed by atoms with Crippen molar-refractivity contribution < 1.29 is 19.1 Å². The number of ether oxygens (including phenoxy) is 1. The van der Waals surface area contributed by atoms with E-state index in [4.69, 9.17) is 10.5 Å². The van der Waals surface area contributed by atoms with Crippen molar-refractivity contribution in [2.45, 2.75) is 33.6 Å². The summed E-state index contributed by atoms with van der Waals surface area (Å²) in [5.74, 6) is -1.51. The molecule has 0 spiro atoms. The maximum atomic E-state index is 12.1. The number of fused-ring (bicyclic) bond motifs is 1. The van der Waals surface area contributed by atoms with Gasteiger partial charge in [-0.15, -0.1) is 0 Å². The fraction of sp³-hybridized carbons (Fsp3) is 0.286. The third-order valence-electron chi connectivity index (χ3n) is 4.68. The van der Waals surface area contributed by atoms with Gasteiger partial charge in [0.25, 0.3) is 5.91 Å². The lowest BCUT2D eigenvalue weighted by Crippen LogP contribution is -2.21. The Hall–Kier alpha value is -3.75. The van der Waals surface area contributed by atoms with E-state index >= 15 is 0 Å². The first-order valence-corrected chi connectivity index (χ1v) is 9.42. The summed E-state index contributed by atoms with van der Waals surface area (Å²) >= 11 is 0. The van der Waals surface area contributed by atoms with Crippen LogP contribution < -0.4 is 11.1 Å². The molecule has 3 rings (SSSR count). The number of hydrogen-bond donors (Lipinski definition) is 2. The minimum Gasteiger partial charge on any atom is -0.456 e. The predicted molar refractivity (Wildman–Crippen MR) is 110 cm³/mol. The fourth-order valence-corrected chi connectivity index (χ4v) is 3.16. The second-order valence-corrected chi connectivity index (χ2v) is 6.97. The molecular formula is C21H23N5O4. The molecule has 0 aliphatic rings. The van der Waals surface area contributed by atoms with Crippen molar-refractivity contribution in [3.05, 3.63) is 58.5 Å². The molecule has 9 nitrogen and oxygen atoms in total. The lowest BCUT2D eigenvalue weighted by atomic mass is 10.1. The molecule has 1 aromatic carbocycles. The first-order chi connectivity index (χ1) is 14.2. The maximum absolute atomic E-state index is 12.1. The zero-order chi connectivity index (χ0) is 21.8. The van der Waals surface area contributed by atoms with E-state index in [2.05, 4.69) is 15.4 Å². The second kappa shape index (κ2) is 8.73. The number of aryl methyl sites for hydroxylation is 3. The number of benzene rings is 1. The van der Waals surface area contributed by atoms with E-state index in [0.29, 0.717) is 17.7 Å². The van der Waals surface area contributed by atoms with Crippen molar-refractivity contribution in [2.24, 2.45) is 5.73 Å². The van der Waals surface area contributed by atoms with Crippen LogP contribution in [0.15, 0.2) is 30.3 Å². The Kier molecular flexibility index (Phi) is 6.10. The van der Waals surface area contributed by atoms with E-state index in [-0.39, 0.29) is 6.42 Å². The summed E-state index contributed by atoms with van der Waals surface area (Å²) in [7, 11) is 0. The van der Waals surface area contributed by atoms with E-state index in [9.17, 15) is 14.4 Å². The molecule has 0 fully saturated rings. The van der Waals surface area contributed by atoms with E-state index < -0.39 is 24.4 Å². The summed E-state index contributed by atoms with van der Waals surface area (Å²) in [5, 5.41) is 7.00. The van der Waals surface area contributed by atoms with Gasteiger partial charge in [-0.25, -0.2) is 9.50 Å². The molecule has 0 bridgehead atoms. The highest BCUT2D eigenvalue weighted by Crippen LogP contribution is 2.17. The Morgan fingerprint density at radius 2 is 1.83 bits per heavy atom. The van der Waals surface area contributed by atoms with Crippen molar-refractivity contribution in [3.8, 4) is 0 Å². The van der Waals surface area contributed by atoms with Gasteiger partial charge in [0.2, 0.25) is 5.91 Å². The largest absolute Gasteiger partial charge is 0.456 e. The van der Waals surface area contributed by atoms with Crippen molar-refractivity contribution in [3.63, 3.8) is 0 Å². The van der Waals surface area contributed by atoms with Gasteiger partial charge in [0.1, 0.15) is 0 Å². The molecule has 0 unspecified atom stereocenters. The number of carbonyl (C=O) groups is 3. The number of esters is 1. The minimum absolute atomic E-state index is 0.121. The van der Waals surface area contributed by atoms with E-state index in [0.717, 1.165) is 28.3 Å². The molecule has 3 N–H and O–H groups in total. The number of nitrogens with zero attached hydrogens (tertiary/aromatic N) is 3. The maximum Gasteiger partial charge on any atom is 0.306 e. The van der Waals surface area contributed by atoms with E-state index in [1.54, 1.807) is 16.6 Å². The molecule has 2 aromatic heterocycles. The van der Waals surface area contributed by atoms with Crippen LogP contribution in [-0.2, 0) is 20.7 Å². The Balaban J connectivity index is 1.52. The lowest BCUT2D eigenvalue weighted by molar-refractivity contribution is -0.147. The summed E-state index contributed by atoms with van der Waals surface area (Å²) in [6.07, 6.45) is 0.560. The molecule has 2 amide bonds. The third kappa shape index (κ3) is 4.80. The van der Waals surface area contributed by atoms with Gasteiger partial charge in [0.15, 0.2) is 12.3 Å². The topological polar surface area (TPSA) is 129 Å². The third-order valence-corrected chi connectivity index (χ3v) is 4.68. The average molecular weight is 409 g/mol. The highest BCUT2D eigenvalue weighted by atomic mass is 16.5. The van der Waals surface area contributed by atoms with Crippen molar-refractivity contribution in [1.29, 1.82) is 0 Å². The monoisotopic (exact) mass is 409 g/mol. The molecule has 0 aliphatic heterocycles. The van der Waals surface area contributed by atoms with Gasteiger partial charge >= 0.3 is 5.97 Å². The number of hydrogen-bond acceptors (Lipinski definition) is 6. The van der Waals surface area contributed by atoms with Crippen LogP contribution in [-0.4, -0.2) is 39.0 Å². The van der Waals surface area contributed by atoms with Gasteiger partial charge in [-0.3, -0.25) is 14.4 Å². The van der Waals surface area contributed by atoms with Crippen molar-refractivity contribution >= 4 is 29.1 Å². The normalized spacial score (nSPS) is 10.8. The second-order valence-electron chi connectivity index (χ2n) is 6.97. The van der Waals surface area contributed by atoms with Crippen LogP contribution >= 0.6 is 0 Å². The molecule has 2 heterocycles. The Bertz CT molecular complexity index is 1120. The number of amides is 2. The first-order valence-electron chi connectivity index (χ1n) is 9.42. The van der Waals surface area contributed by atoms with Gasteiger partial charge in [-0.2, -0.15) is 5.10 Å². The highest BCUT2D eigenvalue weighted by Gasteiger charge is 2.14. The van der Waals surface area contributed by atoms with Crippen LogP contribution in [0.4, 0.5) is 5.69 Å². The predicted octanol–water partition coefficient (Wildman–Crippen LogP) is 1.87. The van der Waals surface area contributed by atoms with Crippen LogP contribution in [0.3, 0.4) is 0 Å². The number of carbonyl (C=O) groups excluding carboxylic acids is 3. The average Bonchev–Trinajstić information content (AvgIpc) is 3.07. The molecule has 3 aromatic rings. The van der Waals surface area contributed by atoms with E-state index in [1.165, 1.54) is 12.1 Å². The molecule has 9 heteroatoms. The summed E-state index contributed by atoms with van der Waals surface area (Å²) in [6.45, 7) is 5.33. The summed E-state index contributed by atoms with van der Waals surface area (Å²) in [6, 6.07) is 8.00. The number of rotatable bonds is 7. The molecule has 156 valence electrons. The molecule has 30 heavy (non-hydrogen) atoms. The Labute approximate surface area is 173 Å². The number of nitrogens with one attached hydrogen (secondary N) is 1. The summed E-state index contributed by atoms with van der Waals surface area (Å²) in [5.41, 5.74) is 10.3. The highest BCUT2D eigenvalue weighted by molar-refractivity contribution is 5.95. The Morgan fingerprint density at radius 1 is 1.13 bits per heavy atom. The zero-order valence-corrected chi connectivity index (χ0v) is 17.1. The van der Waals surface area contributed by atoms with Crippen LogP contribution in [0.25, 0.3) is 5.65 Å². The van der Waals surface area contributed by atoms with E-state index in [1.807, 2.05) is 26.8 Å². The fourth-order valence-electron chi connectivity index (χ4n) is 3.16. The standard InChI is InChI=1S/C21H23N5O4/c1-12-10-18-23-13(2)17(14(3)26(18)25-12)8-9-20(28)30-11-19(27)24-16-6-4-15(5-7-16)21(22)29/h4-7,10H,8-9,11H2,1-3H3,(H2,22,29)(H,24,27). The number of anilines is 1. The molecule has 0 aliphatic carbocycles. The minimum atomic E-state index is -0.552. The first kappa shape index (κ1) is 21.0. The zero-order valence-electron chi connectivity index (χ0n) is 17.1. The smallest absolute Gasteiger partial charge is 0.306 e. The Morgan fingerprint density at radius 3 is 2.50 bits per heavy atom. The summed E-state index contributed by atoms with van der Waals surface area (Å²) < 4.78 is 6.83. The van der Waals surface area contributed by atoms with Crippen LogP contribution in [0.5, 0.6) is 0 Å². The van der Waals surface area contributed by atoms with Crippen molar-refractivity contribution in [2.75, 3.05) is 11.9 Å². The van der Waals surface area contributed by atoms with Crippen LogP contribution in [0.2, 0.25) is 0 Å². The molecule has 0 radical (unpaired) electrons. The number of nitrogens with two attached hydrogens (primary N) is 1. The van der Waals surface area contributed by atoms with Gasteiger partial charge in [-0.1, -0.05) is 0 Å². The quantitative estimate of drug-likeness (QED) is 0.573. The van der Waals surface area contributed by atoms with Gasteiger partial charge in [0, 0.05) is 35.1 Å². The number of primary amides is 1. The van der Waals surface area contributed by atoms with Crippen LogP contribution in [0.1, 0.15) is 39.4 Å². The molecule has 0 atom stereocenters. The molecule has 0 saturated carbocycles. The van der Waals surface area contributed by atoms with Gasteiger partial charge < -0.3 is 15.8 Å². The van der Waals surface area contributed by atoms with Gasteiger partial charge in [-0.05, 0) is 57.0 Å². The molecular weight excluding hydrogens is 386 g/mol. The van der Waals surface area contributed by atoms with Crippen molar-refractivity contribution in [1.82, 2.24) is 14.6 Å². The summed E-state index contributed by atoms with van der Waals surface area (Å²) in [4.78, 5) is 39.6. The lowest BCUT2D eigenvalue weighted by Gasteiger charge is -2.11. The van der Waals surface area contributed by atoms with Crippen LogP contribution in [0, 0.1) is 20.8 Å². The number of aromatic nitrogens is 3.